The van der Waals surface area contributed by atoms with Gasteiger partial charge in [0, 0.05) is 13.6 Å². The molecule has 0 radical (unpaired) electrons. The Labute approximate surface area is 119 Å². The molecule has 0 rings (SSSR count). The average molecular weight is 310 g/mol. The summed E-state index contributed by atoms with van der Waals surface area (Å²) in [5, 5.41) is 0. The molecule has 0 aromatic carbocycles. The lowest BCUT2D eigenvalue weighted by atomic mass is 10.3. The highest BCUT2D eigenvalue weighted by molar-refractivity contribution is 7.86. The third-order valence-corrected chi connectivity index (χ3v) is 4.49. The van der Waals surface area contributed by atoms with Gasteiger partial charge in [0.25, 0.3) is 10.2 Å². The summed E-state index contributed by atoms with van der Waals surface area (Å²) in [6.07, 6.45) is 1.51. The van der Waals surface area contributed by atoms with Crippen molar-refractivity contribution in [1.82, 2.24) is 8.61 Å². The summed E-state index contributed by atoms with van der Waals surface area (Å²) in [6, 6.07) is 0. The fourth-order valence-electron chi connectivity index (χ4n) is 1.33. The van der Waals surface area contributed by atoms with E-state index in [2.05, 4.69) is 9.47 Å². The molecule has 0 atom stereocenters. The van der Waals surface area contributed by atoms with Crippen LogP contribution in [0.15, 0.2) is 0 Å². The second-order valence-corrected chi connectivity index (χ2v) is 6.14. The van der Waals surface area contributed by atoms with Gasteiger partial charge in [0.1, 0.15) is 13.1 Å². The molecule has 0 aromatic rings. The summed E-state index contributed by atoms with van der Waals surface area (Å²) in [6.45, 7) is 1.16. The van der Waals surface area contributed by atoms with Gasteiger partial charge in [0.2, 0.25) is 0 Å². The van der Waals surface area contributed by atoms with Crippen LogP contribution in [0.3, 0.4) is 0 Å². The van der Waals surface area contributed by atoms with Gasteiger partial charge in [-0.1, -0.05) is 13.3 Å². The van der Waals surface area contributed by atoms with Gasteiger partial charge in [-0.2, -0.15) is 17.0 Å². The molecule has 0 saturated carbocycles. The smallest absolute Gasteiger partial charge is 0.321 e. The highest BCUT2D eigenvalue weighted by Gasteiger charge is 2.30. The van der Waals surface area contributed by atoms with Gasteiger partial charge in [-0.15, -0.1) is 0 Å². The van der Waals surface area contributed by atoms with Crippen LogP contribution in [0.1, 0.15) is 19.8 Å². The number of carbonyl (C=O) groups excluding carboxylic acids is 2. The van der Waals surface area contributed by atoms with Gasteiger partial charge in [0.15, 0.2) is 0 Å². The van der Waals surface area contributed by atoms with Crippen LogP contribution in [-0.4, -0.2) is 69.9 Å². The molecule has 118 valence electrons. The van der Waals surface area contributed by atoms with Crippen molar-refractivity contribution in [3.8, 4) is 0 Å². The van der Waals surface area contributed by atoms with Gasteiger partial charge in [-0.05, 0) is 6.42 Å². The summed E-state index contributed by atoms with van der Waals surface area (Å²) >= 11 is 0. The molecule has 0 fully saturated rings. The monoisotopic (exact) mass is 310 g/mol. The number of methoxy groups -OCH3 is 2. The SMILES string of the molecule is CCCCN(C)S(=O)(=O)N(CC(=O)OC)CC(=O)OC. The summed E-state index contributed by atoms with van der Waals surface area (Å²) in [7, 11) is -0.233. The Kier molecular flexibility index (Phi) is 8.35. The van der Waals surface area contributed by atoms with Gasteiger partial charge in [-0.25, -0.2) is 0 Å². The summed E-state index contributed by atoms with van der Waals surface area (Å²) < 4.78 is 35.3. The van der Waals surface area contributed by atoms with E-state index in [1.54, 1.807) is 0 Å². The van der Waals surface area contributed by atoms with Crippen molar-refractivity contribution in [1.29, 1.82) is 0 Å². The van der Waals surface area contributed by atoms with Crippen molar-refractivity contribution in [2.75, 3.05) is 40.9 Å². The van der Waals surface area contributed by atoms with Crippen LogP contribution in [0, 0.1) is 0 Å². The molecular formula is C11H22N2O6S. The van der Waals surface area contributed by atoms with Crippen molar-refractivity contribution in [3.05, 3.63) is 0 Å². The molecule has 8 nitrogen and oxygen atoms in total. The Morgan fingerprint density at radius 2 is 1.50 bits per heavy atom. The predicted octanol–water partition coefficient (Wildman–Crippen LogP) is -0.389. The molecule has 0 N–H and O–H groups in total. The van der Waals surface area contributed by atoms with Crippen molar-refractivity contribution >= 4 is 22.1 Å². The van der Waals surface area contributed by atoms with Crippen LogP contribution < -0.4 is 0 Å². The molecule has 9 heteroatoms. The van der Waals surface area contributed by atoms with Crippen LogP contribution in [0.5, 0.6) is 0 Å². The first kappa shape index (κ1) is 18.8. The second kappa shape index (κ2) is 8.88. The van der Waals surface area contributed by atoms with Gasteiger partial charge in [-0.3, -0.25) is 9.59 Å². The third-order valence-electron chi connectivity index (χ3n) is 2.61. The highest BCUT2D eigenvalue weighted by atomic mass is 32.2. The second-order valence-electron chi connectivity index (χ2n) is 4.10. The van der Waals surface area contributed by atoms with E-state index in [4.69, 9.17) is 0 Å². The van der Waals surface area contributed by atoms with Gasteiger partial charge in [0.05, 0.1) is 14.2 Å². The number of ether oxygens (including phenoxy) is 2. The molecule has 0 spiro atoms. The van der Waals surface area contributed by atoms with E-state index in [1.807, 2.05) is 6.92 Å². The van der Waals surface area contributed by atoms with Gasteiger partial charge < -0.3 is 9.47 Å². The minimum absolute atomic E-state index is 0.303. The number of nitrogens with zero attached hydrogens (tertiary/aromatic N) is 2. The Bertz CT molecular complexity index is 405. The van der Waals surface area contributed by atoms with Crippen molar-refractivity contribution in [2.24, 2.45) is 0 Å². The zero-order valence-corrected chi connectivity index (χ0v) is 13.1. The normalized spacial score (nSPS) is 11.7. The molecule has 0 aromatic heterocycles. The topological polar surface area (TPSA) is 93.2 Å². The Hall–Kier alpha value is -1.19. The maximum atomic E-state index is 12.3. The summed E-state index contributed by atoms with van der Waals surface area (Å²) in [5.74, 6) is -1.50. The van der Waals surface area contributed by atoms with Crippen LogP contribution in [0.4, 0.5) is 0 Å². The van der Waals surface area contributed by atoms with Crippen LogP contribution in [-0.2, 0) is 29.3 Å². The molecule has 0 heterocycles. The molecular weight excluding hydrogens is 288 g/mol. The minimum atomic E-state index is -3.92. The van der Waals surface area contributed by atoms with Crippen molar-refractivity contribution in [3.63, 3.8) is 0 Å². The van der Waals surface area contributed by atoms with Crippen LogP contribution >= 0.6 is 0 Å². The largest absolute Gasteiger partial charge is 0.468 e. The lowest BCUT2D eigenvalue weighted by Gasteiger charge is -2.25. The van der Waals surface area contributed by atoms with E-state index in [0.717, 1.165) is 29.3 Å². The lowest BCUT2D eigenvalue weighted by molar-refractivity contribution is -0.143. The van der Waals surface area contributed by atoms with Gasteiger partial charge >= 0.3 is 11.9 Å². The Morgan fingerprint density at radius 1 is 1.05 bits per heavy atom. The molecule has 0 bridgehead atoms. The zero-order valence-electron chi connectivity index (χ0n) is 12.3. The molecule has 0 unspecified atom stereocenters. The average Bonchev–Trinajstić information content (AvgIpc) is 2.43. The lowest BCUT2D eigenvalue weighted by Crippen LogP contribution is -2.47. The van der Waals surface area contributed by atoms with Crippen LogP contribution in [0.25, 0.3) is 0 Å². The Balaban J connectivity index is 5.06. The fraction of sp³-hybridized carbons (Fsp3) is 0.818. The molecule has 0 saturated heterocycles. The van der Waals surface area contributed by atoms with E-state index in [9.17, 15) is 18.0 Å². The van der Waals surface area contributed by atoms with E-state index in [1.165, 1.54) is 7.05 Å². The predicted molar refractivity (Wildman–Crippen MR) is 72.1 cm³/mol. The molecule has 0 aliphatic heterocycles. The Morgan fingerprint density at radius 3 is 1.85 bits per heavy atom. The maximum absolute atomic E-state index is 12.3. The number of esters is 2. The van der Waals surface area contributed by atoms with E-state index in [0.29, 0.717) is 13.0 Å². The summed E-state index contributed by atoms with van der Waals surface area (Å²) in [4.78, 5) is 22.6. The van der Waals surface area contributed by atoms with Crippen molar-refractivity contribution in [2.45, 2.75) is 19.8 Å². The third kappa shape index (κ3) is 5.85. The van der Waals surface area contributed by atoms with E-state index < -0.39 is 35.2 Å². The number of carbonyl (C=O) groups is 2. The number of unbranched alkanes of at least 4 members (excludes halogenated alkanes) is 1. The first-order valence-electron chi connectivity index (χ1n) is 6.14. The van der Waals surface area contributed by atoms with Crippen molar-refractivity contribution < 1.29 is 27.5 Å². The minimum Gasteiger partial charge on any atom is -0.468 e. The molecule has 0 amide bonds. The number of hydrogen-bond donors (Lipinski definition) is 0. The number of hydrogen-bond acceptors (Lipinski definition) is 6. The highest BCUT2D eigenvalue weighted by Crippen LogP contribution is 2.08. The molecule has 0 aliphatic rings. The summed E-state index contributed by atoms with van der Waals surface area (Å²) in [5.41, 5.74) is 0. The maximum Gasteiger partial charge on any atom is 0.321 e. The van der Waals surface area contributed by atoms with E-state index in [-0.39, 0.29) is 0 Å². The first-order valence-corrected chi connectivity index (χ1v) is 7.54. The van der Waals surface area contributed by atoms with E-state index >= 15 is 0 Å². The molecule has 0 aliphatic carbocycles. The molecule has 20 heavy (non-hydrogen) atoms. The first-order chi connectivity index (χ1) is 9.29. The zero-order chi connectivity index (χ0) is 15.8. The number of rotatable bonds is 9. The standard InChI is InChI=1S/C11H22N2O6S/c1-5-6-7-12(2)20(16,17)13(8-10(14)18-3)9-11(15)19-4/h5-9H2,1-4H3. The quantitative estimate of drug-likeness (QED) is 0.539. The van der Waals surface area contributed by atoms with Crippen LogP contribution in [0.2, 0.25) is 0 Å². The fourth-order valence-corrected chi connectivity index (χ4v) is 2.62.